The van der Waals surface area contributed by atoms with Gasteiger partial charge in [0.25, 0.3) is 0 Å². The Hall–Kier alpha value is -1.24. The molecule has 1 aromatic rings. The van der Waals surface area contributed by atoms with Crippen LogP contribution in [0.5, 0.6) is 0 Å². The van der Waals surface area contributed by atoms with Crippen molar-refractivity contribution in [3.8, 4) is 0 Å². The van der Waals surface area contributed by atoms with E-state index in [9.17, 15) is 4.79 Å². The van der Waals surface area contributed by atoms with Crippen LogP contribution < -0.4 is 0 Å². The SMILES string of the molecule is CCCSCc1noc(CC2CN(C(=O)OC(C)(C)C)C2)n1. The van der Waals surface area contributed by atoms with Crippen LogP contribution in [-0.4, -0.2) is 45.6 Å². The predicted octanol–water partition coefficient (Wildman–Crippen LogP) is 3.12. The van der Waals surface area contributed by atoms with E-state index in [0.717, 1.165) is 30.2 Å². The van der Waals surface area contributed by atoms with E-state index in [-0.39, 0.29) is 6.09 Å². The van der Waals surface area contributed by atoms with Gasteiger partial charge in [0.15, 0.2) is 5.82 Å². The lowest BCUT2D eigenvalue weighted by Gasteiger charge is -2.39. The van der Waals surface area contributed by atoms with Crippen molar-refractivity contribution in [1.29, 1.82) is 0 Å². The molecule has 0 radical (unpaired) electrons. The van der Waals surface area contributed by atoms with E-state index in [4.69, 9.17) is 9.26 Å². The van der Waals surface area contributed by atoms with Crippen molar-refractivity contribution < 1.29 is 14.1 Å². The van der Waals surface area contributed by atoms with Crippen molar-refractivity contribution in [3.63, 3.8) is 0 Å². The molecule has 0 aromatic carbocycles. The minimum Gasteiger partial charge on any atom is -0.444 e. The predicted molar refractivity (Wildman–Crippen MR) is 85.8 cm³/mol. The van der Waals surface area contributed by atoms with Gasteiger partial charge < -0.3 is 14.2 Å². The third-order valence-electron chi connectivity index (χ3n) is 3.16. The molecule has 0 aliphatic carbocycles. The van der Waals surface area contributed by atoms with Gasteiger partial charge >= 0.3 is 6.09 Å². The Bertz CT molecular complexity index is 492. The largest absolute Gasteiger partial charge is 0.444 e. The molecule has 1 amide bonds. The van der Waals surface area contributed by atoms with Crippen LogP contribution in [0.25, 0.3) is 0 Å². The van der Waals surface area contributed by atoms with Gasteiger partial charge in [0, 0.05) is 25.4 Å². The second kappa shape index (κ2) is 7.35. The molecule has 6 nitrogen and oxygen atoms in total. The van der Waals surface area contributed by atoms with Gasteiger partial charge in [-0.2, -0.15) is 16.7 Å². The molecule has 0 bridgehead atoms. The summed E-state index contributed by atoms with van der Waals surface area (Å²) in [4.78, 5) is 18.0. The van der Waals surface area contributed by atoms with Crippen LogP contribution in [0.1, 0.15) is 45.8 Å². The van der Waals surface area contributed by atoms with Gasteiger partial charge in [-0.05, 0) is 32.9 Å². The molecule has 124 valence electrons. The number of amides is 1. The minimum absolute atomic E-state index is 0.245. The number of likely N-dealkylation sites (tertiary alicyclic amines) is 1. The van der Waals surface area contributed by atoms with Gasteiger partial charge in [0.05, 0.1) is 5.75 Å². The molecule has 0 atom stereocenters. The number of ether oxygens (including phenoxy) is 1. The minimum atomic E-state index is -0.445. The number of hydrogen-bond donors (Lipinski definition) is 0. The lowest BCUT2D eigenvalue weighted by Crippen LogP contribution is -2.52. The van der Waals surface area contributed by atoms with Crippen LogP contribution in [0.15, 0.2) is 4.52 Å². The highest BCUT2D eigenvalue weighted by Crippen LogP contribution is 2.22. The smallest absolute Gasteiger partial charge is 0.410 e. The fourth-order valence-corrected chi connectivity index (χ4v) is 2.89. The molecule has 2 heterocycles. The summed E-state index contributed by atoms with van der Waals surface area (Å²) in [6.07, 6.45) is 1.63. The molecule has 2 rings (SSSR count). The molecule has 0 N–H and O–H groups in total. The Morgan fingerprint density at radius 3 is 2.82 bits per heavy atom. The molecule has 1 aliphatic heterocycles. The number of rotatable bonds is 6. The molecule has 0 spiro atoms. The third-order valence-corrected chi connectivity index (χ3v) is 4.32. The lowest BCUT2D eigenvalue weighted by atomic mass is 9.97. The standard InChI is InChI=1S/C15H25N3O3S/c1-5-6-22-10-12-16-13(21-17-12)7-11-8-18(9-11)14(19)20-15(2,3)4/h11H,5-10H2,1-4H3. The van der Waals surface area contributed by atoms with Crippen molar-refractivity contribution in [3.05, 3.63) is 11.7 Å². The van der Waals surface area contributed by atoms with Crippen molar-refractivity contribution in [2.45, 2.75) is 51.9 Å². The first-order valence-electron chi connectivity index (χ1n) is 7.74. The van der Waals surface area contributed by atoms with Gasteiger partial charge in [0.1, 0.15) is 5.60 Å². The summed E-state index contributed by atoms with van der Waals surface area (Å²) in [6, 6.07) is 0. The number of hydrogen-bond acceptors (Lipinski definition) is 6. The molecule has 1 aromatic heterocycles. The monoisotopic (exact) mass is 327 g/mol. The van der Waals surface area contributed by atoms with E-state index in [1.807, 2.05) is 32.5 Å². The van der Waals surface area contributed by atoms with Crippen molar-refractivity contribution >= 4 is 17.9 Å². The second-order valence-electron chi connectivity index (χ2n) is 6.61. The van der Waals surface area contributed by atoms with Crippen molar-refractivity contribution in [1.82, 2.24) is 15.0 Å². The fraction of sp³-hybridized carbons (Fsp3) is 0.800. The molecule has 1 fully saturated rings. The first-order valence-corrected chi connectivity index (χ1v) is 8.90. The average molecular weight is 327 g/mol. The van der Waals surface area contributed by atoms with Gasteiger partial charge in [-0.25, -0.2) is 4.79 Å². The zero-order chi connectivity index (χ0) is 16.2. The van der Waals surface area contributed by atoms with Gasteiger partial charge in [-0.1, -0.05) is 12.1 Å². The maximum atomic E-state index is 11.8. The topological polar surface area (TPSA) is 68.5 Å². The Balaban J connectivity index is 1.70. The number of thioether (sulfide) groups is 1. The first kappa shape index (κ1) is 17.1. The maximum Gasteiger partial charge on any atom is 0.410 e. The van der Waals surface area contributed by atoms with E-state index < -0.39 is 5.60 Å². The Morgan fingerprint density at radius 1 is 1.45 bits per heavy atom. The third kappa shape index (κ3) is 5.19. The fourth-order valence-electron chi connectivity index (χ4n) is 2.16. The van der Waals surface area contributed by atoms with Gasteiger partial charge in [0.2, 0.25) is 5.89 Å². The van der Waals surface area contributed by atoms with Crippen molar-refractivity contribution in [2.24, 2.45) is 5.92 Å². The van der Waals surface area contributed by atoms with E-state index in [1.54, 1.807) is 4.90 Å². The molecule has 1 saturated heterocycles. The van der Waals surface area contributed by atoms with Crippen LogP contribution >= 0.6 is 11.8 Å². The molecule has 22 heavy (non-hydrogen) atoms. The van der Waals surface area contributed by atoms with Crippen LogP contribution in [-0.2, 0) is 16.9 Å². The molecular weight excluding hydrogens is 302 g/mol. The number of aromatic nitrogens is 2. The van der Waals surface area contributed by atoms with Crippen LogP contribution in [0.2, 0.25) is 0 Å². The van der Waals surface area contributed by atoms with Gasteiger partial charge in [-0.15, -0.1) is 0 Å². The summed E-state index contributed by atoms with van der Waals surface area (Å²) in [5.41, 5.74) is -0.445. The molecule has 0 saturated carbocycles. The molecule has 7 heteroatoms. The summed E-state index contributed by atoms with van der Waals surface area (Å²) >= 11 is 1.81. The zero-order valence-corrected chi connectivity index (χ0v) is 14.6. The second-order valence-corrected chi connectivity index (χ2v) is 7.72. The highest BCUT2D eigenvalue weighted by atomic mass is 32.2. The average Bonchev–Trinajstić information content (AvgIpc) is 2.79. The quantitative estimate of drug-likeness (QED) is 0.748. The number of carbonyl (C=O) groups excluding carboxylic acids is 1. The summed E-state index contributed by atoms with van der Waals surface area (Å²) in [5, 5.41) is 3.99. The molecule has 0 unspecified atom stereocenters. The van der Waals surface area contributed by atoms with E-state index >= 15 is 0 Å². The van der Waals surface area contributed by atoms with Crippen LogP contribution in [0.3, 0.4) is 0 Å². The zero-order valence-electron chi connectivity index (χ0n) is 13.8. The summed E-state index contributed by atoms with van der Waals surface area (Å²) in [5.74, 6) is 3.71. The van der Waals surface area contributed by atoms with E-state index in [2.05, 4.69) is 17.1 Å². The normalized spacial score (nSPS) is 15.7. The summed E-state index contributed by atoms with van der Waals surface area (Å²) in [7, 11) is 0. The summed E-state index contributed by atoms with van der Waals surface area (Å²) < 4.78 is 10.6. The van der Waals surface area contributed by atoms with Crippen molar-refractivity contribution in [2.75, 3.05) is 18.8 Å². The highest BCUT2D eigenvalue weighted by molar-refractivity contribution is 7.98. The van der Waals surface area contributed by atoms with E-state index in [1.165, 1.54) is 0 Å². The maximum absolute atomic E-state index is 11.8. The Morgan fingerprint density at radius 2 is 2.18 bits per heavy atom. The molecular formula is C15H25N3O3S. The Kier molecular flexibility index (Phi) is 5.72. The van der Waals surface area contributed by atoms with Crippen LogP contribution in [0, 0.1) is 5.92 Å². The number of nitrogens with zero attached hydrogens (tertiary/aromatic N) is 3. The summed E-state index contributed by atoms with van der Waals surface area (Å²) in [6.45, 7) is 9.16. The molecule has 1 aliphatic rings. The Labute approximate surface area is 136 Å². The lowest BCUT2D eigenvalue weighted by molar-refractivity contribution is -0.00186. The van der Waals surface area contributed by atoms with Crippen LogP contribution in [0.4, 0.5) is 4.79 Å². The first-order chi connectivity index (χ1) is 10.4. The highest BCUT2D eigenvalue weighted by Gasteiger charge is 2.34. The number of carbonyl (C=O) groups is 1. The van der Waals surface area contributed by atoms with E-state index in [0.29, 0.717) is 24.9 Å². The van der Waals surface area contributed by atoms with Gasteiger partial charge in [-0.3, -0.25) is 0 Å².